The third-order valence-corrected chi connectivity index (χ3v) is 6.57. The fourth-order valence-electron chi connectivity index (χ4n) is 3.16. The van der Waals surface area contributed by atoms with Crippen molar-refractivity contribution in [1.29, 1.82) is 0 Å². The van der Waals surface area contributed by atoms with Crippen molar-refractivity contribution >= 4 is 39.3 Å². The first-order chi connectivity index (χ1) is 12.7. The van der Waals surface area contributed by atoms with Crippen LogP contribution < -0.4 is 5.56 Å². The first-order valence-corrected chi connectivity index (χ1v) is 10.9. The molecule has 0 saturated heterocycles. The lowest BCUT2D eigenvalue weighted by molar-refractivity contribution is -0.140. The van der Waals surface area contributed by atoms with Crippen molar-refractivity contribution in [3.05, 3.63) is 33.4 Å². The van der Waals surface area contributed by atoms with E-state index in [4.69, 9.17) is 4.74 Å². The third-order valence-electron chi connectivity index (χ3n) is 4.43. The Labute approximate surface area is 161 Å². The van der Waals surface area contributed by atoms with Crippen LogP contribution in [0.15, 0.2) is 22.6 Å². The first kappa shape index (κ1) is 19.2. The zero-order valence-corrected chi connectivity index (χ0v) is 16.7. The Kier molecular flexibility index (Phi) is 6.53. The molecule has 2 aromatic rings. The molecule has 5 nitrogen and oxygen atoms in total. The maximum atomic E-state index is 13.0. The van der Waals surface area contributed by atoms with Gasteiger partial charge in [0.15, 0.2) is 5.16 Å². The summed E-state index contributed by atoms with van der Waals surface area (Å²) in [4.78, 5) is 31.7. The lowest BCUT2D eigenvalue weighted by Crippen LogP contribution is -2.23. The number of allylic oxidation sites excluding steroid dienone is 1. The number of rotatable bonds is 9. The highest BCUT2D eigenvalue weighted by Crippen LogP contribution is 2.35. The van der Waals surface area contributed by atoms with Gasteiger partial charge in [-0.1, -0.05) is 37.6 Å². The van der Waals surface area contributed by atoms with Gasteiger partial charge < -0.3 is 4.74 Å². The van der Waals surface area contributed by atoms with Gasteiger partial charge in [-0.15, -0.1) is 17.9 Å². The number of hydrogen-bond donors (Lipinski definition) is 0. The summed E-state index contributed by atoms with van der Waals surface area (Å²) in [6.45, 7) is 6.70. The van der Waals surface area contributed by atoms with E-state index in [1.54, 1.807) is 22.0 Å². The summed E-state index contributed by atoms with van der Waals surface area (Å²) < 4.78 is 6.86. The summed E-state index contributed by atoms with van der Waals surface area (Å²) in [7, 11) is 0. The smallest absolute Gasteiger partial charge is 0.316 e. The number of thioether (sulfide) groups is 1. The molecule has 1 aliphatic rings. The van der Waals surface area contributed by atoms with Crippen molar-refractivity contribution in [2.75, 3.05) is 12.4 Å². The standard InChI is InChI=1S/C19H24N2O3S2/c1-3-5-6-11-24-15(22)12-25-19-20-17-16(18(23)21(19)10-4-2)13-8-7-9-14(13)26-17/h4H,2-3,5-12H2,1H3. The van der Waals surface area contributed by atoms with Gasteiger partial charge in [-0.05, 0) is 31.2 Å². The zero-order chi connectivity index (χ0) is 18.5. The van der Waals surface area contributed by atoms with Gasteiger partial charge in [0.1, 0.15) is 4.83 Å². The number of aromatic nitrogens is 2. The zero-order valence-electron chi connectivity index (χ0n) is 15.1. The molecule has 0 spiro atoms. The topological polar surface area (TPSA) is 61.2 Å². The van der Waals surface area contributed by atoms with E-state index in [2.05, 4.69) is 18.5 Å². The van der Waals surface area contributed by atoms with E-state index in [0.29, 0.717) is 18.3 Å². The molecule has 26 heavy (non-hydrogen) atoms. The molecule has 0 fully saturated rings. The summed E-state index contributed by atoms with van der Waals surface area (Å²) in [5.74, 6) is -0.106. The normalized spacial score (nSPS) is 13.1. The first-order valence-electron chi connectivity index (χ1n) is 9.10. The molecule has 0 N–H and O–H groups in total. The van der Waals surface area contributed by atoms with Crippen LogP contribution in [0.4, 0.5) is 0 Å². The van der Waals surface area contributed by atoms with Gasteiger partial charge >= 0.3 is 5.97 Å². The number of unbranched alkanes of at least 4 members (excludes halogenated alkanes) is 2. The number of ether oxygens (including phenoxy) is 1. The van der Waals surface area contributed by atoms with E-state index < -0.39 is 0 Å². The second kappa shape index (κ2) is 8.86. The third kappa shape index (κ3) is 4.04. The molecule has 2 aromatic heterocycles. The van der Waals surface area contributed by atoms with Gasteiger partial charge in [-0.3, -0.25) is 14.2 Å². The number of nitrogens with zero attached hydrogens (tertiary/aromatic N) is 2. The monoisotopic (exact) mass is 392 g/mol. The molecule has 0 atom stereocenters. The molecule has 0 amide bonds. The van der Waals surface area contributed by atoms with Crippen molar-refractivity contribution in [3.8, 4) is 0 Å². The van der Waals surface area contributed by atoms with Crippen LogP contribution in [-0.2, 0) is 28.9 Å². The second-order valence-corrected chi connectivity index (χ2v) is 8.38. The van der Waals surface area contributed by atoms with Gasteiger partial charge in [0.05, 0.1) is 17.7 Å². The minimum absolute atomic E-state index is 0.0203. The van der Waals surface area contributed by atoms with Crippen LogP contribution >= 0.6 is 23.1 Å². The summed E-state index contributed by atoms with van der Waals surface area (Å²) >= 11 is 2.88. The van der Waals surface area contributed by atoms with Crippen LogP contribution in [0.25, 0.3) is 10.2 Å². The molecule has 7 heteroatoms. The minimum atomic E-state index is -0.265. The van der Waals surface area contributed by atoms with Crippen LogP contribution in [0.5, 0.6) is 0 Å². The number of carbonyl (C=O) groups excluding carboxylic acids is 1. The molecule has 0 aliphatic heterocycles. The molecule has 0 unspecified atom stereocenters. The van der Waals surface area contributed by atoms with Crippen LogP contribution in [0.3, 0.4) is 0 Å². The number of carbonyl (C=O) groups is 1. The molecule has 0 radical (unpaired) electrons. The van der Waals surface area contributed by atoms with Gasteiger partial charge in [0.25, 0.3) is 5.56 Å². The Hall–Kier alpha value is -1.60. The van der Waals surface area contributed by atoms with Crippen LogP contribution in [-0.4, -0.2) is 27.9 Å². The van der Waals surface area contributed by atoms with Crippen molar-refractivity contribution in [1.82, 2.24) is 9.55 Å². The highest BCUT2D eigenvalue weighted by Gasteiger charge is 2.23. The fourth-order valence-corrected chi connectivity index (χ4v) is 5.27. The molecule has 0 aromatic carbocycles. The SMILES string of the molecule is C=CCn1c(SCC(=O)OCCCCC)nc2sc3c(c2c1=O)CCC3. The average molecular weight is 393 g/mol. The van der Waals surface area contributed by atoms with E-state index in [1.165, 1.54) is 22.2 Å². The molecule has 0 bridgehead atoms. The molecule has 1 aliphatic carbocycles. The van der Waals surface area contributed by atoms with Crippen LogP contribution in [0.1, 0.15) is 43.0 Å². The number of aryl methyl sites for hydroxylation is 2. The van der Waals surface area contributed by atoms with E-state index in [0.717, 1.165) is 48.7 Å². The van der Waals surface area contributed by atoms with Crippen LogP contribution in [0, 0.1) is 0 Å². The van der Waals surface area contributed by atoms with Gasteiger partial charge in [0, 0.05) is 11.4 Å². The minimum Gasteiger partial charge on any atom is -0.465 e. The molecular formula is C19H24N2O3S2. The Bertz CT molecular complexity index is 870. The largest absolute Gasteiger partial charge is 0.465 e. The maximum absolute atomic E-state index is 13.0. The average Bonchev–Trinajstić information content (AvgIpc) is 3.20. The van der Waals surface area contributed by atoms with E-state index in [9.17, 15) is 9.59 Å². The van der Waals surface area contributed by atoms with Gasteiger partial charge in [-0.2, -0.15) is 0 Å². The number of esters is 1. The fraction of sp³-hybridized carbons (Fsp3) is 0.526. The maximum Gasteiger partial charge on any atom is 0.316 e. The Morgan fingerprint density at radius 1 is 1.42 bits per heavy atom. The Morgan fingerprint density at radius 3 is 3.04 bits per heavy atom. The van der Waals surface area contributed by atoms with Gasteiger partial charge in [-0.25, -0.2) is 4.98 Å². The summed E-state index contributed by atoms with van der Waals surface area (Å²) in [5, 5.41) is 1.32. The quantitative estimate of drug-likeness (QED) is 0.213. The van der Waals surface area contributed by atoms with Crippen molar-refractivity contribution in [2.45, 2.75) is 57.1 Å². The molecule has 140 valence electrons. The van der Waals surface area contributed by atoms with Crippen molar-refractivity contribution in [3.63, 3.8) is 0 Å². The highest BCUT2D eigenvalue weighted by molar-refractivity contribution is 7.99. The predicted octanol–water partition coefficient (Wildman–Crippen LogP) is 3.96. The van der Waals surface area contributed by atoms with E-state index in [1.807, 2.05) is 0 Å². The van der Waals surface area contributed by atoms with Gasteiger partial charge in [0.2, 0.25) is 0 Å². The summed E-state index contributed by atoms with van der Waals surface area (Å²) in [6, 6.07) is 0. The summed E-state index contributed by atoms with van der Waals surface area (Å²) in [6.07, 6.45) is 7.82. The number of fused-ring (bicyclic) bond motifs is 3. The summed E-state index contributed by atoms with van der Waals surface area (Å²) in [5.41, 5.74) is 1.15. The number of hydrogen-bond acceptors (Lipinski definition) is 6. The van der Waals surface area contributed by atoms with E-state index >= 15 is 0 Å². The molecule has 0 saturated carbocycles. The predicted molar refractivity (Wildman–Crippen MR) is 107 cm³/mol. The lowest BCUT2D eigenvalue weighted by atomic mass is 10.2. The van der Waals surface area contributed by atoms with Crippen LogP contribution in [0.2, 0.25) is 0 Å². The van der Waals surface area contributed by atoms with E-state index in [-0.39, 0.29) is 17.3 Å². The van der Waals surface area contributed by atoms with Crippen molar-refractivity contribution in [2.24, 2.45) is 0 Å². The van der Waals surface area contributed by atoms with Crippen molar-refractivity contribution < 1.29 is 9.53 Å². The molecular weight excluding hydrogens is 368 g/mol. The Balaban J connectivity index is 1.79. The second-order valence-electron chi connectivity index (χ2n) is 6.35. The number of thiophene rings is 1. The Morgan fingerprint density at radius 2 is 2.27 bits per heavy atom. The molecule has 3 rings (SSSR count). The lowest BCUT2D eigenvalue weighted by Gasteiger charge is -2.10. The molecule has 2 heterocycles. The highest BCUT2D eigenvalue weighted by atomic mass is 32.2.